The number of nitrogens with one attached hydrogen (secondary N) is 3. The topological polar surface area (TPSA) is 191 Å². The summed E-state index contributed by atoms with van der Waals surface area (Å²) in [7, 11) is 0. The molecule has 1 atom stereocenters. The van der Waals surface area contributed by atoms with Gasteiger partial charge in [-0.2, -0.15) is 0 Å². The summed E-state index contributed by atoms with van der Waals surface area (Å²) in [5.74, 6) is -0.234. The summed E-state index contributed by atoms with van der Waals surface area (Å²) in [6.45, 7) is 4.53. The van der Waals surface area contributed by atoms with Crippen LogP contribution in [0.1, 0.15) is 44.9 Å². The molecule has 0 aromatic rings. The Kier molecular flexibility index (Phi) is 17.4. The molecule has 0 heterocycles. The summed E-state index contributed by atoms with van der Waals surface area (Å²) in [5.41, 5.74) is 21.6. The number of carbonyl (C=O) groups is 3. The summed E-state index contributed by atoms with van der Waals surface area (Å²) in [6.07, 6.45) is 3.70. The van der Waals surface area contributed by atoms with Gasteiger partial charge in [0.1, 0.15) is 5.78 Å². The molecule has 0 aliphatic heterocycles. The molecule has 0 saturated carbocycles. The molecule has 0 bridgehead atoms. The second-order valence-corrected chi connectivity index (χ2v) is 7.30. The van der Waals surface area contributed by atoms with Gasteiger partial charge in [0.05, 0.1) is 6.04 Å². The fourth-order valence-corrected chi connectivity index (χ4v) is 2.85. The van der Waals surface area contributed by atoms with E-state index in [0.29, 0.717) is 51.7 Å². The number of Topliss-reactive ketones (excluding diaryl/α,β-unsaturated/α-hetero) is 1. The quantitative estimate of drug-likeness (QED) is 0.110. The molecule has 11 N–H and O–H groups in total. The van der Waals surface area contributed by atoms with Gasteiger partial charge in [0, 0.05) is 52.0 Å². The van der Waals surface area contributed by atoms with Crippen LogP contribution in [0.4, 0.5) is 0 Å². The molecule has 0 aliphatic carbocycles. The Hall–Kier alpha value is -1.59. The molecule has 0 saturated heterocycles. The lowest BCUT2D eigenvalue weighted by Crippen LogP contribution is -2.36. The third-order valence-electron chi connectivity index (χ3n) is 4.51. The lowest BCUT2D eigenvalue weighted by Gasteiger charge is -2.17. The lowest BCUT2D eigenvalue weighted by atomic mass is 9.99. The van der Waals surface area contributed by atoms with Crippen molar-refractivity contribution in [3.05, 3.63) is 0 Å². The van der Waals surface area contributed by atoms with Crippen LogP contribution in [0.5, 0.6) is 0 Å². The molecule has 170 valence electrons. The van der Waals surface area contributed by atoms with Gasteiger partial charge in [0.15, 0.2) is 0 Å². The Balaban J connectivity index is 3.90. The minimum absolute atomic E-state index is 0.0669. The number of unbranched alkanes of at least 4 members (excludes halogenated alkanes) is 1. The van der Waals surface area contributed by atoms with Gasteiger partial charge in [-0.25, -0.2) is 0 Å². The zero-order valence-electron chi connectivity index (χ0n) is 17.6. The molecular formula is C19H41N7O3. The van der Waals surface area contributed by atoms with E-state index in [-0.39, 0.29) is 17.6 Å². The Morgan fingerprint density at radius 2 is 1.45 bits per heavy atom. The maximum atomic E-state index is 12.2. The van der Waals surface area contributed by atoms with Crippen LogP contribution in [0.15, 0.2) is 0 Å². The van der Waals surface area contributed by atoms with E-state index in [2.05, 4.69) is 16.0 Å². The first-order valence-electron chi connectivity index (χ1n) is 10.6. The van der Waals surface area contributed by atoms with E-state index in [9.17, 15) is 14.4 Å². The van der Waals surface area contributed by atoms with Crippen molar-refractivity contribution in [3.63, 3.8) is 0 Å². The van der Waals surface area contributed by atoms with E-state index in [1.807, 2.05) is 0 Å². The van der Waals surface area contributed by atoms with E-state index in [1.54, 1.807) is 0 Å². The van der Waals surface area contributed by atoms with E-state index < -0.39 is 11.9 Å². The van der Waals surface area contributed by atoms with Crippen LogP contribution >= 0.6 is 0 Å². The van der Waals surface area contributed by atoms with E-state index >= 15 is 0 Å². The molecule has 0 unspecified atom stereocenters. The summed E-state index contributed by atoms with van der Waals surface area (Å²) in [6, 6.07) is -0.628. The van der Waals surface area contributed by atoms with Gasteiger partial charge in [0.2, 0.25) is 11.8 Å². The summed E-state index contributed by atoms with van der Waals surface area (Å²) in [4.78, 5) is 34.9. The Labute approximate surface area is 174 Å². The van der Waals surface area contributed by atoms with Gasteiger partial charge >= 0.3 is 0 Å². The maximum Gasteiger partial charge on any atom is 0.234 e. The van der Waals surface area contributed by atoms with Crippen LogP contribution in [-0.2, 0) is 14.4 Å². The molecule has 0 spiro atoms. The highest BCUT2D eigenvalue weighted by molar-refractivity contribution is 5.80. The highest BCUT2D eigenvalue weighted by Crippen LogP contribution is 2.07. The van der Waals surface area contributed by atoms with Gasteiger partial charge in [-0.3, -0.25) is 14.4 Å². The van der Waals surface area contributed by atoms with Crippen LogP contribution in [0.25, 0.3) is 0 Å². The van der Waals surface area contributed by atoms with E-state index in [4.69, 9.17) is 22.9 Å². The number of hydrogen-bond acceptors (Lipinski definition) is 8. The van der Waals surface area contributed by atoms with Crippen LogP contribution in [0, 0.1) is 5.92 Å². The molecule has 0 fully saturated rings. The predicted octanol–water partition coefficient (Wildman–Crippen LogP) is -2.07. The predicted molar refractivity (Wildman–Crippen MR) is 115 cm³/mol. The SMILES string of the molecule is NCCNCC(CNCCN)CC(=O)CCCC(=O)NCCCC[C@@H](N)C(N)=O. The van der Waals surface area contributed by atoms with Crippen LogP contribution in [-0.4, -0.2) is 69.5 Å². The van der Waals surface area contributed by atoms with Crippen molar-refractivity contribution in [2.24, 2.45) is 28.9 Å². The maximum absolute atomic E-state index is 12.2. The number of primary amides is 1. The van der Waals surface area contributed by atoms with Gasteiger partial charge in [-0.05, 0) is 44.7 Å². The fraction of sp³-hybridized carbons (Fsp3) is 0.842. The molecule has 2 amide bonds. The highest BCUT2D eigenvalue weighted by atomic mass is 16.2. The average molecular weight is 416 g/mol. The van der Waals surface area contributed by atoms with Crippen molar-refractivity contribution < 1.29 is 14.4 Å². The number of carbonyl (C=O) groups excluding carboxylic acids is 3. The number of amides is 2. The van der Waals surface area contributed by atoms with Crippen LogP contribution in [0.3, 0.4) is 0 Å². The largest absolute Gasteiger partial charge is 0.368 e. The minimum atomic E-state index is -0.628. The Bertz CT molecular complexity index is 453. The van der Waals surface area contributed by atoms with E-state index in [0.717, 1.165) is 39.0 Å². The summed E-state index contributed by atoms with van der Waals surface area (Å²) in [5, 5.41) is 9.30. The molecule has 0 aromatic carbocycles. The van der Waals surface area contributed by atoms with Crippen molar-refractivity contribution in [1.29, 1.82) is 0 Å². The van der Waals surface area contributed by atoms with Crippen molar-refractivity contribution in [1.82, 2.24) is 16.0 Å². The van der Waals surface area contributed by atoms with Crippen molar-refractivity contribution in [2.45, 2.75) is 51.0 Å². The first-order valence-corrected chi connectivity index (χ1v) is 10.6. The number of rotatable bonds is 20. The second-order valence-electron chi connectivity index (χ2n) is 7.30. The van der Waals surface area contributed by atoms with Gasteiger partial charge < -0.3 is 38.9 Å². The van der Waals surface area contributed by atoms with E-state index in [1.165, 1.54) is 0 Å². The zero-order valence-corrected chi connectivity index (χ0v) is 17.6. The molecule has 0 aliphatic rings. The average Bonchev–Trinajstić information content (AvgIpc) is 2.67. The zero-order chi connectivity index (χ0) is 21.9. The molecular weight excluding hydrogens is 374 g/mol. The second kappa shape index (κ2) is 18.4. The highest BCUT2D eigenvalue weighted by Gasteiger charge is 2.14. The standard InChI is InChI=1S/C19H41N7O3/c20-7-10-24-13-15(14-25-11-8-21)12-16(27)4-3-6-18(28)26-9-2-1-5-17(22)19(23)29/h15,17,24-25H,1-14,20-22H2,(H2,23,29)(H,26,28)/t17-/m1/s1. The number of nitrogens with two attached hydrogens (primary N) is 4. The molecule has 0 rings (SSSR count). The van der Waals surface area contributed by atoms with Crippen molar-refractivity contribution >= 4 is 17.6 Å². The third kappa shape index (κ3) is 17.0. The minimum Gasteiger partial charge on any atom is -0.368 e. The number of ketones is 1. The van der Waals surface area contributed by atoms with Gasteiger partial charge in [-0.1, -0.05) is 0 Å². The molecule has 29 heavy (non-hydrogen) atoms. The normalized spacial score (nSPS) is 12.1. The summed E-state index contributed by atoms with van der Waals surface area (Å²) >= 11 is 0. The lowest BCUT2D eigenvalue weighted by molar-refractivity contribution is -0.122. The Morgan fingerprint density at radius 1 is 0.828 bits per heavy atom. The first kappa shape index (κ1) is 27.4. The van der Waals surface area contributed by atoms with Gasteiger partial charge in [0.25, 0.3) is 0 Å². The third-order valence-corrected chi connectivity index (χ3v) is 4.51. The monoisotopic (exact) mass is 415 g/mol. The molecule has 10 nitrogen and oxygen atoms in total. The van der Waals surface area contributed by atoms with Crippen LogP contribution < -0.4 is 38.9 Å². The fourth-order valence-electron chi connectivity index (χ4n) is 2.85. The molecule has 10 heteroatoms. The molecule has 0 aromatic heterocycles. The summed E-state index contributed by atoms with van der Waals surface area (Å²) < 4.78 is 0. The molecule has 0 radical (unpaired) electrons. The smallest absolute Gasteiger partial charge is 0.234 e. The Morgan fingerprint density at radius 3 is 2.00 bits per heavy atom. The number of hydrogen-bond donors (Lipinski definition) is 7. The van der Waals surface area contributed by atoms with Crippen molar-refractivity contribution in [2.75, 3.05) is 45.8 Å². The van der Waals surface area contributed by atoms with Crippen LogP contribution in [0.2, 0.25) is 0 Å². The first-order chi connectivity index (χ1) is 13.9. The van der Waals surface area contributed by atoms with Gasteiger partial charge in [-0.15, -0.1) is 0 Å². The van der Waals surface area contributed by atoms with Crippen molar-refractivity contribution in [3.8, 4) is 0 Å².